The second-order valence-corrected chi connectivity index (χ2v) is 6.76. The summed E-state index contributed by atoms with van der Waals surface area (Å²) in [6.45, 7) is 0. The van der Waals surface area contributed by atoms with Crippen LogP contribution in [0.5, 0.6) is 0 Å². The summed E-state index contributed by atoms with van der Waals surface area (Å²) < 4.78 is 11.5. The molecule has 0 atom stereocenters. The molecule has 0 saturated heterocycles. The standard InChI is InChI=1S/C22H15ClN2O2/c1-25(15-10-8-14(23)9-11-15)18-13-20-21(17-6-3-2-5-16(17)18)24-22(27-20)19-7-4-12-26-19/h2-13H,1H3. The maximum absolute atomic E-state index is 6.04. The number of nitrogens with zero attached hydrogens (tertiary/aromatic N) is 2. The molecule has 0 amide bonds. The minimum absolute atomic E-state index is 0.478. The largest absolute Gasteiger partial charge is 0.459 e. The second-order valence-electron chi connectivity index (χ2n) is 6.32. The van der Waals surface area contributed by atoms with Crippen LogP contribution in [-0.4, -0.2) is 12.0 Å². The van der Waals surface area contributed by atoms with Crippen LogP contribution in [-0.2, 0) is 0 Å². The number of aromatic nitrogens is 1. The lowest BCUT2D eigenvalue weighted by Gasteiger charge is -2.21. The highest BCUT2D eigenvalue weighted by Gasteiger charge is 2.17. The van der Waals surface area contributed by atoms with Gasteiger partial charge >= 0.3 is 0 Å². The second kappa shape index (κ2) is 6.18. The maximum atomic E-state index is 6.04. The Morgan fingerprint density at radius 1 is 0.926 bits per heavy atom. The van der Waals surface area contributed by atoms with E-state index in [-0.39, 0.29) is 0 Å². The number of oxazole rings is 1. The third-order valence-corrected chi connectivity index (χ3v) is 4.94. The van der Waals surface area contributed by atoms with Crippen molar-refractivity contribution in [1.82, 2.24) is 4.98 Å². The number of hydrogen-bond acceptors (Lipinski definition) is 4. The van der Waals surface area contributed by atoms with Gasteiger partial charge in [-0.3, -0.25) is 0 Å². The highest BCUT2D eigenvalue weighted by atomic mass is 35.5. The van der Waals surface area contributed by atoms with Crippen molar-refractivity contribution < 1.29 is 8.83 Å². The molecule has 5 heteroatoms. The summed E-state index contributed by atoms with van der Waals surface area (Å²) in [6, 6.07) is 21.6. The quantitative estimate of drug-likeness (QED) is 0.354. The normalized spacial score (nSPS) is 11.3. The van der Waals surface area contributed by atoms with Crippen LogP contribution >= 0.6 is 11.6 Å². The molecule has 0 saturated carbocycles. The van der Waals surface area contributed by atoms with Crippen LogP contribution in [0.1, 0.15) is 0 Å². The number of hydrogen-bond donors (Lipinski definition) is 0. The smallest absolute Gasteiger partial charge is 0.263 e. The van der Waals surface area contributed by atoms with Gasteiger partial charge in [-0.2, -0.15) is 0 Å². The van der Waals surface area contributed by atoms with Crippen LogP contribution in [0.25, 0.3) is 33.5 Å². The van der Waals surface area contributed by atoms with Gasteiger partial charge in [0.15, 0.2) is 11.3 Å². The van der Waals surface area contributed by atoms with Crippen molar-refractivity contribution in [3.63, 3.8) is 0 Å². The Morgan fingerprint density at radius 2 is 1.70 bits per heavy atom. The van der Waals surface area contributed by atoms with Gasteiger partial charge < -0.3 is 13.7 Å². The van der Waals surface area contributed by atoms with E-state index in [9.17, 15) is 0 Å². The molecule has 4 nitrogen and oxygen atoms in total. The zero-order valence-electron chi connectivity index (χ0n) is 14.5. The molecular formula is C22H15ClN2O2. The van der Waals surface area contributed by atoms with Crippen LogP contribution in [0.4, 0.5) is 11.4 Å². The summed E-state index contributed by atoms with van der Waals surface area (Å²) in [5.74, 6) is 1.09. The average Bonchev–Trinajstić information content (AvgIpc) is 3.37. The van der Waals surface area contributed by atoms with Crippen molar-refractivity contribution in [1.29, 1.82) is 0 Å². The van der Waals surface area contributed by atoms with Crippen molar-refractivity contribution in [2.24, 2.45) is 0 Å². The monoisotopic (exact) mass is 374 g/mol. The highest BCUT2D eigenvalue weighted by Crippen LogP contribution is 2.38. The number of furan rings is 1. The summed E-state index contributed by atoms with van der Waals surface area (Å²) in [6.07, 6.45) is 1.61. The molecule has 0 bridgehead atoms. The number of rotatable bonds is 3. The van der Waals surface area contributed by atoms with Gasteiger partial charge in [0.25, 0.3) is 5.89 Å². The van der Waals surface area contributed by atoms with Crippen molar-refractivity contribution in [2.75, 3.05) is 11.9 Å². The van der Waals surface area contributed by atoms with E-state index in [0.717, 1.165) is 33.2 Å². The van der Waals surface area contributed by atoms with E-state index >= 15 is 0 Å². The van der Waals surface area contributed by atoms with E-state index in [0.29, 0.717) is 16.7 Å². The molecule has 3 aromatic carbocycles. The van der Waals surface area contributed by atoms with Gasteiger partial charge in [-0.25, -0.2) is 4.98 Å². The van der Waals surface area contributed by atoms with Crippen LogP contribution in [0.15, 0.2) is 81.8 Å². The van der Waals surface area contributed by atoms with Crippen molar-refractivity contribution in [2.45, 2.75) is 0 Å². The predicted molar refractivity (Wildman–Crippen MR) is 109 cm³/mol. The number of anilines is 2. The van der Waals surface area contributed by atoms with Gasteiger partial charge in [-0.05, 0) is 36.4 Å². The predicted octanol–water partition coefficient (Wildman–Crippen LogP) is 6.66. The van der Waals surface area contributed by atoms with Gasteiger partial charge in [-0.15, -0.1) is 0 Å². The fraction of sp³-hybridized carbons (Fsp3) is 0.0455. The Labute approximate surface area is 160 Å². The van der Waals surface area contributed by atoms with E-state index < -0.39 is 0 Å². The molecule has 2 aromatic heterocycles. The van der Waals surface area contributed by atoms with Gasteiger partial charge in [0.1, 0.15) is 5.52 Å². The SMILES string of the molecule is CN(c1ccc(Cl)cc1)c1cc2oc(-c3ccco3)nc2c2ccccc12. The van der Waals surface area contributed by atoms with Crippen LogP contribution in [0.3, 0.4) is 0 Å². The first-order chi connectivity index (χ1) is 13.2. The maximum Gasteiger partial charge on any atom is 0.263 e. The number of fused-ring (bicyclic) bond motifs is 3. The third kappa shape index (κ3) is 2.66. The molecule has 0 aliphatic rings. The molecule has 5 aromatic rings. The molecule has 5 rings (SSSR count). The van der Waals surface area contributed by atoms with Crippen molar-refractivity contribution in [3.8, 4) is 11.7 Å². The Kier molecular flexibility index (Phi) is 3.66. The van der Waals surface area contributed by atoms with Crippen molar-refractivity contribution >= 4 is 44.8 Å². The molecule has 0 spiro atoms. The van der Waals surface area contributed by atoms with Gasteiger partial charge in [0.05, 0.1) is 12.0 Å². The van der Waals surface area contributed by atoms with E-state index in [2.05, 4.69) is 22.0 Å². The first kappa shape index (κ1) is 16.0. The number of halogens is 1. The van der Waals surface area contributed by atoms with Gasteiger partial charge in [0.2, 0.25) is 0 Å². The van der Waals surface area contributed by atoms with E-state index in [4.69, 9.17) is 20.4 Å². The van der Waals surface area contributed by atoms with Crippen LogP contribution in [0.2, 0.25) is 5.02 Å². The molecule has 0 aliphatic heterocycles. The van der Waals surface area contributed by atoms with Gasteiger partial charge in [0, 0.05) is 34.6 Å². The first-order valence-electron chi connectivity index (χ1n) is 8.56. The molecular weight excluding hydrogens is 360 g/mol. The molecule has 27 heavy (non-hydrogen) atoms. The number of benzene rings is 3. The summed E-state index contributed by atoms with van der Waals surface area (Å²) in [4.78, 5) is 6.79. The Bertz CT molecular complexity index is 1240. The molecule has 0 unspecified atom stereocenters. The molecule has 132 valence electrons. The highest BCUT2D eigenvalue weighted by molar-refractivity contribution is 6.30. The fourth-order valence-electron chi connectivity index (χ4n) is 3.32. The van der Waals surface area contributed by atoms with E-state index in [1.807, 2.05) is 61.6 Å². The molecule has 0 radical (unpaired) electrons. The lowest BCUT2D eigenvalue weighted by Crippen LogP contribution is -2.09. The zero-order chi connectivity index (χ0) is 18.4. The Balaban J connectivity index is 1.74. The Hall–Kier alpha value is -3.24. The fourth-order valence-corrected chi connectivity index (χ4v) is 3.45. The minimum Gasteiger partial charge on any atom is -0.459 e. The average molecular weight is 375 g/mol. The Morgan fingerprint density at radius 3 is 2.44 bits per heavy atom. The van der Waals surface area contributed by atoms with E-state index in [1.54, 1.807) is 6.26 Å². The third-order valence-electron chi connectivity index (χ3n) is 4.69. The van der Waals surface area contributed by atoms with Crippen LogP contribution in [0, 0.1) is 0 Å². The topological polar surface area (TPSA) is 42.4 Å². The first-order valence-corrected chi connectivity index (χ1v) is 8.94. The summed E-state index contributed by atoms with van der Waals surface area (Å²) in [5, 5.41) is 2.85. The van der Waals surface area contributed by atoms with E-state index in [1.165, 1.54) is 0 Å². The van der Waals surface area contributed by atoms with Gasteiger partial charge in [-0.1, -0.05) is 35.9 Å². The molecule has 0 aliphatic carbocycles. The minimum atomic E-state index is 0.478. The molecule has 0 fully saturated rings. The van der Waals surface area contributed by atoms with Crippen molar-refractivity contribution in [3.05, 3.63) is 78.0 Å². The lowest BCUT2D eigenvalue weighted by molar-refractivity contribution is 0.535. The summed E-state index contributed by atoms with van der Waals surface area (Å²) in [5.41, 5.74) is 3.61. The molecule has 2 heterocycles. The summed E-state index contributed by atoms with van der Waals surface area (Å²) >= 11 is 6.04. The zero-order valence-corrected chi connectivity index (χ0v) is 15.3. The summed E-state index contributed by atoms with van der Waals surface area (Å²) in [7, 11) is 2.03. The van der Waals surface area contributed by atoms with Crippen LogP contribution < -0.4 is 4.90 Å². The lowest BCUT2D eigenvalue weighted by atomic mass is 10.1. The molecule has 0 N–H and O–H groups in total.